The maximum Gasteiger partial charge on any atom is 0.255 e. The highest BCUT2D eigenvalue weighted by Crippen LogP contribution is 2.44. The number of aromatic amines is 1. The molecule has 4 heterocycles. The number of ether oxygens (including phenoxy) is 3. The zero-order valence-corrected chi connectivity index (χ0v) is 19.1. The standard InChI is InChI=1S/C25H27FN4O4/c1-32-15-6-3-5-14-11-28-25(31)20-21(14)30-22(16-9-10-27-12-19(16)34-13-15)23(20)29-18-8-4-7-17(26)24(18)33-2/h4,7-10,12,14-15,29-30H,3,5-6,11,13H2,1-2H3,(H,28,31). The van der Waals surface area contributed by atoms with E-state index >= 15 is 0 Å². The molecular formula is C25H27FN4O4. The Bertz CT molecular complexity index is 1210. The Morgan fingerprint density at radius 3 is 2.94 bits per heavy atom. The molecule has 1 amide bonds. The van der Waals surface area contributed by atoms with E-state index in [0.717, 1.165) is 30.5 Å². The van der Waals surface area contributed by atoms with Crippen LogP contribution in [-0.2, 0) is 4.74 Å². The number of methoxy groups -OCH3 is 2. The summed E-state index contributed by atoms with van der Waals surface area (Å²) in [5.74, 6) is 0.0655. The number of H-pyrrole nitrogens is 1. The van der Waals surface area contributed by atoms with Crippen molar-refractivity contribution in [1.29, 1.82) is 0 Å². The van der Waals surface area contributed by atoms with E-state index < -0.39 is 5.82 Å². The highest BCUT2D eigenvalue weighted by atomic mass is 19.1. The molecule has 2 atom stereocenters. The molecule has 0 saturated heterocycles. The van der Waals surface area contributed by atoms with Crippen LogP contribution in [0.4, 0.5) is 15.8 Å². The normalized spacial score (nSPS) is 19.7. The SMILES string of the molecule is COc1c(F)cccc1Nc1c2[nH]c3c1C(=O)NCC3CCCC(OC)COc1cnccc1-2. The summed E-state index contributed by atoms with van der Waals surface area (Å²) in [5.41, 5.74) is 3.74. The van der Waals surface area contributed by atoms with Gasteiger partial charge >= 0.3 is 0 Å². The van der Waals surface area contributed by atoms with Gasteiger partial charge in [0.25, 0.3) is 5.91 Å². The van der Waals surface area contributed by atoms with E-state index in [1.165, 1.54) is 13.2 Å². The molecule has 2 aliphatic heterocycles. The second kappa shape index (κ2) is 9.34. The number of anilines is 2. The van der Waals surface area contributed by atoms with Crippen molar-refractivity contribution in [2.45, 2.75) is 31.3 Å². The molecule has 34 heavy (non-hydrogen) atoms. The van der Waals surface area contributed by atoms with Gasteiger partial charge in [0.05, 0.1) is 42.0 Å². The van der Waals surface area contributed by atoms with Gasteiger partial charge in [-0.2, -0.15) is 0 Å². The van der Waals surface area contributed by atoms with Crippen LogP contribution in [0.1, 0.15) is 41.2 Å². The number of nitrogens with one attached hydrogen (secondary N) is 3. The lowest BCUT2D eigenvalue weighted by Crippen LogP contribution is -2.35. The van der Waals surface area contributed by atoms with Gasteiger partial charge in [0.1, 0.15) is 12.4 Å². The molecule has 3 N–H and O–H groups in total. The maximum absolute atomic E-state index is 14.4. The Labute approximate surface area is 196 Å². The molecular weight excluding hydrogens is 439 g/mol. The largest absolute Gasteiger partial charge is 0.492 e. The molecule has 0 aliphatic carbocycles. The minimum absolute atomic E-state index is 0.0483. The molecule has 0 spiro atoms. The minimum Gasteiger partial charge on any atom is -0.492 e. The number of carbonyl (C=O) groups is 1. The number of nitrogens with zero attached hydrogens (tertiary/aromatic N) is 1. The number of hydrogen-bond acceptors (Lipinski definition) is 6. The third-order valence-electron chi connectivity index (χ3n) is 6.49. The van der Waals surface area contributed by atoms with Crippen LogP contribution in [0.25, 0.3) is 11.3 Å². The number of halogens is 1. The number of para-hydroxylation sites is 1. The predicted molar refractivity (Wildman–Crippen MR) is 125 cm³/mol. The Balaban J connectivity index is 1.70. The Morgan fingerprint density at radius 1 is 1.24 bits per heavy atom. The first kappa shape index (κ1) is 22.2. The molecule has 0 radical (unpaired) electrons. The first-order chi connectivity index (χ1) is 16.6. The summed E-state index contributed by atoms with van der Waals surface area (Å²) in [6.07, 6.45) is 5.90. The average Bonchev–Trinajstić information content (AvgIpc) is 3.22. The third kappa shape index (κ3) is 3.96. The van der Waals surface area contributed by atoms with Crippen molar-refractivity contribution in [3.63, 3.8) is 0 Å². The van der Waals surface area contributed by atoms with E-state index in [0.29, 0.717) is 41.5 Å². The molecule has 2 aliphatic rings. The van der Waals surface area contributed by atoms with Crippen molar-refractivity contribution >= 4 is 17.3 Å². The molecule has 2 unspecified atom stereocenters. The fourth-order valence-electron chi connectivity index (χ4n) is 4.74. The number of benzene rings is 1. The Hall–Kier alpha value is -3.59. The van der Waals surface area contributed by atoms with Crippen LogP contribution < -0.4 is 20.1 Å². The number of carbonyl (C=O) groups excluding carboxylic acids is 1. The van der Waals surface area contributed by atoms with Crippen LogP contribution in [0.2, 0.25) is 0 Å². The van der Waals surface area contributed by atoms with Crippen molar-refractivity contribution in [3.8, 4) is 22.8 Å². The highest BCUT2D eigenvalue weighted by Gasteiger charge is 2.34. The lowest BCUT2D eigenvalue weighted by molar-refractivity contribution is 0.0498. The van der Waals surface area contributed by atoms with Crippen LogP contribution in [-0.4, -0.2) is 49.4 Å². The quantitative estimate of drug-likeness (QED) is 0.528. The van der Waals surface area contributed by atoms with Gasteiger partial charge < -0.3 is 29.8 Å². The van der Waals surface area contributed by atoms with Gasteiger partial charge in [-0.3, -0.25) is 9.78 Å². The molecule has 9 heteroatoms. The fraction of sp³-hybridized carbons (Fsp3) is 0.360. The Morgan fingerprint density at radius 2 is 2.12 bits per heavy atom. The maximum atomic E-state index is 14.4. The minimum atomic E-state index is -0.495. The van der Waals surface area contributed by atoms with Gasteiger partial charge in [-0.05, 0) is 31.0 Å². The molecule has 1 aromatic carbocycles. The summed E-state index contributed by atoms with van der Waals surface area (Å²) in [5, 5.41) is 6.30. The lowest BCUT2D eigenvalue weighted by Gasteiger charge is -2.24. The average molecular weight is 467 g/mol. The first-order valence-corrected chi connectivity index (χ1v) is 11.3. The molecule has 2 bridgehead atoms. The fourth-order valence-corrected chi connectivity index (χ4v) is 4.74. The van der Waals surface area contributed by atoms with Crippen molar-refractivity contribution < 1.29 is 23.4 Å². The highest BCUT2D eigenvalue weighted by molar-refractivity contribution is 6.07. The van der Waals surface area contributed by atoms with E-state index in [1.807, 2.05) is 6.07 Å². The summed E-state index contributed by atoms with van der Waals surface area (Å²) >= 11 is 0. The molecule has 0 saturated carbocycles. The summed E-state index contributed by atoms with van der Waals surface area (Å²) in [7, 11) is 3.10. The first-order valence-electron chi connectivity index (χ1n) is 11.3. The molecule has 8 nitrogen and oxygen atoms in total. The number of aromatic nitrogens is 2. The molecule has 0 fully saturated rings. The molecule has 178 valence electrons. The lowest BCUT2D eigenvalue weighted by atomic mass is 9.91. The monoisotopic (exact) mass is 466 g/mol. The van der Waals surface area contributed by atoms with Gasteiger partial charge in [0.15, 0.2) is 11.6 Å². The molecule has 5 rings (SSSR count). The van der Waals surface area contributed by atoms with Crippen molar-refractivity contribution in [1.82, 2.24) is 15.3 Å². The summed E-state index contributed by atoms with van der Waals surface area (Å²) in [6, 6.07) is 6.47. The number of amides is 1. The number of fused-ring (bicyclic) bond motifs is 3. The van der Waals surface area contributed by atoms with E-state index in [2.05, 4.69) is 20.6 Å². The van der Waals surface area contributed by atoms with Crippen molar-refractivity contribution in [2.75, 3.05) is 32.7 Å². The van der Waals surface area contributed by atoms with Crippen LogP contribution in [0, 0.1) is 5.82 Å². The number of pyridine rings is 1. The second-order valence-corrected chi connectivity index (χ2v) is 8.49. The van der Waals surface area contributed by atoms with E-state index in [4.69, 9.17) is 14.2 Å². The number of hydrogen-bond donors (Lipinski definition) is 3. The van der Waals surface area contributed by atoms with Gasteiger partial charge in [-0.25, -0.2) is 4.39 Å². The van der Waals surface area contributed by atoms with E-state index in [9.17, 15) is 9.18 Å². The topological polar surface area (TPSA) is 97.5 Å². The smallest absolute Gasteiger partial charge is 0.255 e. The second-order valence-electron chi connectivity index (χ2n) is 8.49. The van der Waals surface area contributed by atoms with Crippen molar-refractivity contribution in [3.05, 3.63) is 53.7 Å². The van der Waals surface area contributed by atoms with Crippen LogP contribution in [0.5, 0.6) is 11.5 Å². The van der Waals surface area contributed by atoms with Gasteiger partial charge in [-0.1, -0.05) is 12.5 Å². The molecule has 2 aromatic heterocycles. The van der Waals surface area contributed by atoms with Crippen LogP contribution >= 0.6 is 0 Å². The summed E-state index contributed by atoms with van der Waals surface area (Å²) in [6.45, 7) is 0.934. The molecule has 3 aromatic rings. The summed E-state index contributed by atoms with van der Waals surface area (Å²) < 4.78 is 31.5. The van der Waals surface area contributed by atoms with E-state index in [-0.39, 0.29) is 23.7 Å². The summed E-state index contributed by atoms with van der Waals surface area (Å²) in [4.78, 5) is 20.8. The van der Waals surface area contributed by atoms with Gasteiger partial charge in [-0.15, -0.1) is 0 Å². The van der Waals surface area contributed by atoms with Crippen LogP contribution in [0.15, 0.2) is 36.7 Å². The van der Waals surface area contributed by atoms with Crippen LogP contribution in [0.3, 0.4) is 0 Å². The Kier molecular flexibility index (Phi) is 6.10. The number of rotatable bonds is 4. The van der Waals surface area contributed by atoms with Gasteiger partial charge in [0, 0.05) is 37.0 Å². The zero-order valence-electron chi connectivity index (χ0n) is 19.1. The van der Waals surface area contributed by atoms with Crippen molar-refractivity contribution in [2.24, 2.45) is 0 Å². The zero-order chi connectivity index (χ0) is 23.7. The third-order valence-corrected chi connectivity index (χ3v) is 6.49. The van der Waals surface area contributed by atoms with Gasteiger partial charge in [0.2, 0.25) is 0 Å². The predicted octanol–water partition coefficient (Wildman–Crippen LogP) is 4.37. The van der Waals surface area contributed by atoms with E-state index in [1.54, 1.807) is 31.6 Å².